The van der Waals surface area contributed by atoms with Gasteiger partial charge < -0.3 is 10.5 Å². The van der Waals surface area contributed by atoms with E-state index in [4.69, 9.17) is 10.5 Å². The highest BCUT2D eigenvalue weighted by Crippen LogP contribution is 2.22. The first-order valence-corrected chi connectivity index (χ1v) is 6.27. The van der Waals surface area contributed by atoms with Gasteiger partial charge in [-0.1, -0.05) is 30.3 Å². The Kier molecular flexibility index (Phi) is 3.13. The molecule has 4 nitrogen and oxygen atoms in total. The summed E-state index contributed by atoms with van der Waals surface area (Å²) >= 11 is 0. The van der Waals surface area contributed by atoms with E-state index in [1.807, 2.05) is 29.1 Å². The fraction of sp³-hybridized carbons (Fsp3) is 0.357. The SMILES string of the molecule is NC1CCOCC1n1cc(-c2ccccc2)cn1. The van der Waals surface area contributed by atoms with Crippen LogP contribution in [0.3, 0.4) is 0 Å². The molecule has 18 heavy (non-hydrogen) atoms. The maximum Gasteiger partial charge on any atom is 0.0904 e. The Morgan fingerprint density at radius 3 is 2.83 bits per heavy atom. The van der Waals surface area contributed by atoms with Gasteiger partial charge in [0.25, 0.3) is 0 Å². The van der Waals surface area contributed by atoms with Crippen molar-refractivity contribution in [3.8, 4) is 11.1 Å². The summed E-state index contributed by atoms with van der Waals surface area (Å²) in [6.07, 6.45) is 4.83. The largest absolute Gasteiger partial charge is 0.379 e. The van der Waals surface area contributed by atoms with Crippen molar-refractivity contribution in [1.82, 2.24) is 9.78 Å². The van der Waals surface area contributed by atoms with Crippen LogP contribution in [0, 0.1) is 0 Å². The van der Waals surface area contributed by atoms with Gasteiger partial charge in [-0.2, -0.15) is 5.10 Å². The van der Waals surface area contributed by atoms with Gasteiger partial charge in [0.15, 0.2) is 0 Å². The number of benzene rings is 1. The molecule has 0 amide bonds. The third kappa shape index (κ3) is 2.17. The first kappa shape index (κ1) is 11.4. The molecule has 0 bridgehead atoms. The van der Waals surface area contributed by atoms with Gasteiger partial charge in [-0.25, -0.2) is 0 Å². The summed E-state index contributed by atoms with van der Waals surface area (Å²) in [7, 11) is 0. The second-order valence-electron chi connectivity index (χ2n) is 4.67. The van der Waals surface area contributed by atoms with E-state index in [9.17, 15) is 0 Å². The third-order valence-electron chi connectivity index (χ3n) is 3.43. The predicted molar refractivity (Wildman–Crippen MR) is 70.1 cm³/mol. The van der Waals surface area contributed by atoms with Crippen molar-refractivity contribution in [2.75, 3.05) is 13.2 Å². The van der Waals surface area contributed by atoms with Crippen LogP contribution in [0.15, 0.2) is 42.7 Å². The molecule has 1 aromatic carbocycles. The molecule has 1 saturated heterocycles. The quantitative estimate of drug-likeness (QED) is 0.875. The molecule has 0 aliphatic carbocycles. The molecule has 3 rings (SSSR count). The molecule has 2 N–H and O–H groups in total. The molecule has 2 unspecified atom stereocenters. The summed E-state index contributed by atoms with van der Waals surface area (Å²) in [5.74, 6) is 0. The monoisotopic (exact) mass is 243 g/mol. The van der Waals surface area contributed by atoms with E-state index in [0.29, 0.717) is 6.61 Å². The lowest BCUT2D eigenvalue weighted by Crippen LogP contribution is -2.40. The van der Waals surface area contributed by atoms with Gasteiger partial charge in [-0.3, -0.25) is 4.68 Å². The van der Waals surface area contributed by atoms with Crippen LogP contribution in [-0.4, -0.2) is 29.0 Å². The second kappa shape index (κ2) is 4.92. The number of aromatic nitrogens is 2. The van der Waals surface area contributed by atoms with Crippen molar-refractivity contribution < 1.29 is 4.74 Å². The number of nitrogens with zero attached hydrogens (tertiary/aromatic N) is 2. The molecule has 0 saturated carbocycles. The Hall–Kier alpha value is -1.65. The van der Waals surface area contributed by atoms with E-state index >= 15 is 0 Å². The Morgan fingerprint density at radius 1 is 1.22 bits per heavy atom. The van der Waals surface area contributed by atoms with Crippen LogP contribution in [0.5, 0.6) is 0 Å². The van der Waals surface area contributed by atoms with E-state index in [1.165, 1.54) is 5.56 Å². The van der Waals surface area contributed by atoms with Gasteiger partial charge in [0.1, 0.15) is 0 Å². The Morgan fingerprint density at radius 2 is 2.06 bits per heavy atom. The topological polar surface area (TPSA) is 53.1 Å². The standard InChI is InChI=1S/C14H17N3O/c15-13-6-7-18-10-14(13)17-9-12(8-16-17)11-4-2-1-3-5-11/h1-5,8-9,13-14H,6-7,10,15H2. The zero-order chi connectivity index (χ0) is 12.4. The van der Waals surface area contributed by atoms with Gasteiger partial charge in [0.2, 0.25) is 0 Å². The van der Waals surface area contributed by atoms with Crippen LogP contribution in [0.25, 0.3) is 11.1 Å². The van der Waals surface area contributed by atoms with Crippen molar-refractivity contribution in [2.24, 2.45) is 5.73 Å². The van der Waals surface area contributed by atoms with Crippen LogP contribution in [0.1, 0.15) is 12.5 Å². The summed E-state index contributed by atoms with van der Waals surface area (Å²) in [6, 6.07) is 10.5. The van der Waals surface area contributed by atoms with Crippen LogP contribution in [0.2, 0.25) is 0 Å². The highest BCUT2D eigenvalue weighted by Gasteiger charge is 2.24. The smallest absolute Gasteiger partial charge is 0.0904 e. The maximum atomic E-state index is 6.12. The maximum absolute atomic E-state index is 6.12. The van der Waals surface area contributed by atoms with Crippen molar-refractivity contribution in [2.45, 2.75) is 18.5 Å². The Bertz CT molecular complexity index is 509. The number of hydrogen-bond donors (Lipinski definition) is 1. The predicted octanol–water partition coefficient (Wildman–Crippen LogP) is 1.84. The summed E-state index contributed by atoms with van der Waals surface area (Å²) in [4.78, 5) is 0. The highest BCUT2D eigenvalue weighted by atomic mass is 16.5. The summed E-state index contributed by atoms with van der Waals surface area (Å²) in [6.45, 7) is 1.40. The molecule has 1 aromatic heterocycles. The van der Waals surface area contributed by atoms with Gasteiger partial charge in [0.05, 0.1) is 18.8 Å². The lowest BCUT2D eigenvalue weighted by Gasteiger charge is -2.28. The van der Waals surface area contributed by atoms with Crippen LogP contribution in [-0.2, 0) is 4.74 Å². The van der Waals surface area contributed by atoms with E-state index in [-0.39, 0.29) is 12.1 Å². The normalized spacial score (nSPS) is 24.1. The zero-order valence-electron chi connectivity index (χ0n) is 10.2. The molecule has 1 aliphatic rings. The van der Waals surface area contributed by atoms with E-state index in [2.05, 4.69) is 23.4 Å². The molecule has 0 radical (unpaired) electrons. The van der Waals surface area contributed by atoms with Crippen LogP contribution in [0.4, 0.5) is 0 Å². The molecule has 1 fully saturated rings. The number of nitrogens with two attached hydrogens (primary N) is 1. The first-order valence-electron chi connectivity index (χ1n) is 6.27. The number of hydrogen-bond acceptors (Lipinski definition) is 3. The third-order valence-corrected chi connectivity index (χ3v) is 3.43. The van der Waals surface area contributed by atoms with Gasteiger partial charge in [-0.05, 0) is 12.0 Å². The average Bonchev–Trinajstić information content (AvgIpc) is 2.90. The van der Waals surface area contributed by atoms with Crippen molar-refractivity contribution >= 4 is 0 Å². The lowest BCUT2D eigenvalue weighted by molar-refractivity contribution is 0.0425. The fourth-order valence-corrected chi connectivity index (χ4v) is 2.31. The molecule has 2 aromatic rings. The molecule has 0 spiro atoms. The zero-order valence-corrected chi connectivity index (χ0v) is 10.2. The van der Waals surface area contributed by atoms with E-state index < -0.39 is 0 Å². The molecule has 4 heteroatoms. The molecular weight excluding hydrogens is 226 g/mol. The minimum Gasteiger partial charge on any atom is -0.379 e. The van der Waals surface area contributed by atoms with E-state index in [0.717, 1.165) is 18.6 Å². The van der Waals surface area contributed by atoms with E-state index in [1.54, 1.807) is 0 Å². The van der Waals surface area contributed by atoms with Crippen LogP contribution < -0.4 is 5.73 Å². The van der Waals surface area contributed by atoms with Crippen molar-refractivity contribution in [3.63, 3.8) is 0 Å². The minimum absolute atomic E-state index is 0.127. The molecule has 2 atom stereocenters. The molecular formula is C14H17N3O. The number of rotatable bonds is 2. The second-order valence-corrected chi connectivity index (χ2v) is 4.67. The highest BCUT2D eigenvalue weighted by molar-refractivity contribution is 5.61. The first-order chi connectivity index (χ1) is 8.84. The molecule has 2 heterocycles. The summed E-state index contributed by atoms with van der Waals surface area (Å²) in [5.41, 5.74) is 8.41. The molecule has 94 valence electrons. The van der Waals surface area contributed by atoms with Gasteiger partial charge in [-0.15, -0.1) is 0 Å². The van der Waals surface area contributed by atoms with Crippen molar-refractivity contribution in [1.29, 1.82) is 0 Å². The number of ether oxygens (including phenoxy) is 1. The van der Waals surface area contributed by atoms with Gasteiger partial charge >= 0.3 is 0 Å². The summed E-state index contributed by atoms with van der Waals surface area (Å²) in [5, 5.41) is 4.42. The Labute approximate surface area is 106 Å². The van der Waals surface area contributed by atoms with Crippen LogP contribution >= 0.6 is 0 Å². The average molecular weight is 243 g/mol. The van der Waals surface area contributed by atoms with Crippen molar-refractivity contribution in [3.05, 3.63) is 42.7 Å². The summed E-state index contributed by atoms with van der Waals surface area (Å²) < 4.78 is 7.42. The Balaban J connectivity index is 1.85. The minimum atomic E-state index is 0.127. The van der Waals surface area contributed by atoms with Gasteiger partial charge in [0, 0.05) is 24.4 Å². The molecule has 1 aliphatic heterocycles. The fourth-order valence-electron chi connectivity index (χ4n) is 2.31. The lowest BCUT2D eigenvalue weighted by atomic mass is 10.1.